The van der Waals surface area contributed by atoms with Crippen LogP contribution in [-0.4, -0.2) is 15.1 Å². The van der Waals surface area contributed by atoms with E-state index in [1.165, 1.54) is 0 Å². The first-order chi connectivity index (χ1) is 8.62. The van der Waals surface area contributed by atoms with Gasteiger partial charge >= 0.3 is 0 Å². The van der Waals surface area contributed by atoms with E-state index in [0.29, 0.717) is 13.0 Å². The summed E-state index contributed by atoms with van der Waals surface area (Å²) in [5, 5.41) is 8.91. The second kappa shape index (κ2) is 5.03. The number of hydrogen-bond donors (Lipinski definition) is 1. The Bertz CT molecular complexity index is 549. The lowest BCUT2D eigenvalue weighted by Crippen LogP contribution is -2.35. The predicted molar refractivity (Wildman–Crippen MR) is 70.5 cm³/mol. The molecular weight excluding hydrogens is 224 g/mol. The normalized spacial score (nSPS) is 13.8. The van der Waals surface area contributed by atoms with Crippen LogP contribution in [0, 0.1) is 11.3 Å². The van der Waals surface area contributed by atoms with E-state index in [1.54, 1.807) is 13.1 Å². The fourth-order valence-corrected chi connectivity index (χ4v) is 1.75. The van der Waals surface area contributed by atoms with Gasteiger partial charge in [0, 0.05) is 24.5 Å². The van der Waals surface area contributed by atoms with Crippen LogP contribution in [0.1, 0.15) is 13.3 Å². The molecule has 0 saturated carbocycles. The Morgan fingerprint density at radius 2 is 2.11 bits per heavy atom. The lowest BCUT2D eigenvalue weighted by molar-refractivity contribution is 0.492. The van der Waals surface area contributed by atoms with Crippen LogP contribution in [0.2, 0.25) is 0 Å². The molecule has 4 heteroatoms. The molecule has 92 valence electrons. The molecule has 0 amide bonds. The summed E-state index contributed by atoms with van der Waals surface area (Å²) in [6, 6.07) is 12.1. The second-order valence-electron chi connectivity index (χ2n) is 4.59. The van der Waals surface area contributed by atoms with E-state index in [-0.39, 0.29) is 0 Å². The monoisotopic (exact) mass is 240 g/mol. The van der Waals surface area contributed by atoms with E-state index in [1.807, 2.05) is 41.1 Å². The van der Waals surface area contributed by atoms with E-state index in [0.717, 1.165) is 11.4 Å². The summed E-state index contributed by atoms with van der Waals surface area (Å²) < 4.78 is 2.03. The van der Waals surface area contributed by atoms with Crippen LogP contribution in [-0.2, 0) is 6.54 Å². The first-order valence-electron chi connectivity index (χ1n) is 5.89. The Balaban J connectivity index is 2.17. The molecule has 1 atom stereocenters. The first kappa shape index (κ1) is 12.3. The van der Waals surface area contributed by atoms with Gasteiger partial charge in [-0.15, -0.1) is 0 Å². The molecule has 1 heterocycles. The topological polar surface area (TPSA) is 67.6 Å². The third-order valence-electron chi connectivity index (χ3n) is 2.87. The van der Waals surface area contributed by atoms with Crippen molar-refractivity contribution in [3.8, 4) is 17.5 Å². The van der Waals surface area contributed by atoms with Gasteiger partial charge in [0.1, 0.15) is 11.4 Å². The van der Waals surface area contributed by atoms with Crippen LogP contribution in [0.15, 0.2) is 42.7 Å². The molecule has 0 aliphatic heterocycles. The summed E-state index contributed by atoms with van der Waals surface area (Å²) in [4.78, 5) is 4.35. The minimum absolute atomic E-state index is 0.597. The van der Waals surface area contributed by atoms with Crippen LogP contribution in [0.25, 0.3) is 11.4 Å². The third kappa shape index (κ3) is 2.76. The molecule has 2 N–H and O–H groups in total. The highest BCUT2D eigenvalue weighted by atomic mass is 15.1. The number of nitrogens with two attached hydrogens (primary N) is 1. The third-order valence-corrected chi connectivity index (χ3v) is 2.87. The molecule has 1 aromatic heterocycles. The average Bonchev–Trinajstić information content (AvgIpc) is 2.86. The molecule has 2 aromatic rings. The Morgan fingerprint density at radius 3 is 2.78 bits per heavy atom. The molecule has 0 radical (unpaired) electrons. The standard InChI is InChI=1S/C14H16N4/c1-14(16,11-15)7-9-18-10-8-17-13(18)12-5-3-2-4-6-12/h2-6,8,10H,7,9,16H2,1H3. The van der Waals surface area contributed by atoms with Gasteiger partial charge in [-0.2, -0.15) is 5.26 Å². The molecule has 1 unspecified atom stereocenters. The zero-order valence-corrected chi connectivity index (χ0v) is 10.4. The number of aromatic nitrogens is 2. The van der Waals surface area contributed by atoms with Gasteiger partial charge in [-0.25, -0.2) is 4.98 Å². The lowest BCUT2D eigenvalue weighted by atomic mass is 10.0. The van der Waals surface area contributed by atoms with Gasteiger partial charge in [-0.1, -0.05) is 30.3 Å². The quantitative estimate of drug-likeness (QED) is 0.890. The lowest BCUT2D eigenvalue weighted by Gasteiger charge is -2.16. The zero-order chi connectivity index (χ0) is 13.0. The molecule has 0 aliphatic rings. The second-order valence-corrected chi connectivity index (χ2v) is 4.59. The number of nitriles is 1. The Labute approximate surface area is 107 Å². The first-order valence-corrected chi connectivity index (χ1v) is 5.89. The molecule has 4 nitrogen and oxygen atoms in total. The van der Waals surface area contributed by atoms with Gasteiger partial charge in [0.2, 0.25) is 0 Å². The van der Waals surface area contributed by atoms with Crippen LogP contribution in [0.3, 0.4) is 0 Å². The van der Waals surface area contributed by atoms with E-state index in [2.05, 4.69) is 11.1 Å². The highest BCUT2D eigenvalue weighted by Crippen LogP contribution is 2.18. The number of aryl methyl sites for hydroxylation is 1. The summed E-state index contributed by atoms with van der Waals surface area (Å²) in [5.41, 5.74) is 6.10. The zero-order valence-electron chi connectivity index (χ0n) is 10.4. The molecule has 0 fully saturated rings. The molecule has 0 bridgehead atoms. The molecule has 1 aromatic carbocycles. The van der Waals surface area contributed by atoms with Crippen molar-refractivity contribution >= 4 is 0 Å². The van der Waals surface area contributed by atoms with Crippen LogP contribution >= 0.6 is 0 Å². The summed E-state index contributed by atoms with van der Waals surface area (Å²) in [7, 11) is 0. The number of imidazole rings is 1. The van der Waals surface area contributed by atoms with Gasteiger partial charge in [0.15, 0.2) is 0 Å². The van der Waals surface area contributed by atoms with Gasteiger partial charge in [0.05, 0.1) is 6.07 Å². The van der Waals surface area contributed by atoms with Crippen molar-refractivity contribution in [1.29, 1.82) is 5.26 Å². The van der Waals surface area contributed by atoms with Gasteiger partial charge < -0.3 is 10.3 Å². The Morgan fingerprint density at radius 1 is 1.39 bits per heavy atom. The maximum absolute atomic E-state index is 8.91. The minimum Gasteiger partial charge on any atom is -0.331 e. The number of benzene rings is 1. The highest BCUT2D eigenvalue weighted by molar-refractivity contribution is 5.55. The van der Waals surface area contributed by atoms with Crippen molar-refractivity contribution in [3.05, 3.63) is 42.7 Å². The molecule has 0 aliphatic carbocycles. The van der Waals surface area contributed by atoms with Gasteiger partial charge in [-0.05, 0) is 13.3 Å². The highest BCUT2D eigenvalue weighted by Gasteiger charge is 2.17. The Hall–Kier alpha value is -2.12. The fourth-order valence-electron chi connectivity index (χ4n) is 1.75. The van der Waals surface area contributed by atoms with Crippen LogP contribution < -0.4 is 5.73 Å². The number of rotatable bonds is 4. The van der Waals surface area contributed by atoms with Crippen molar-refractivity contribution in [2.24, 2.45) is 5.73 Å². The summed E-state index contributed by atoms with van der Waals surface area (Å²) in [6.07, 6.45) is 4.28. The number of hydrogen-bond acceptors (Lipinski definition) is 3. The van der Waals surface area contributed by atoms with E-state index >= 15 is 0 Å². The van der Waals surface area contributed by atoms with Crippen molar-refractivity contribution in [3.63, 3.8) is 0 Å². The van der Waals surface area contributed by atoms with E-state index < -0.39 is 5.54 Å². The van der Waals surface area contributed by atoms with Crippen molar-refractivity contribution < 1.29 is 0 Å². The average molecular weight is 240 g/mol. The van der Waals surface area contributed by atoms with Crippen molar-refractivity contribution in [2.45, 2.75) is 25.4 Å². The smallest absolute Gasteiger partial charge is 0.139 e. The summed E-state index contributed by atoms with van der Waals surface area (Å²) in [6.45, 7) is 2.43. The van der Waals surface area contributed by atoms with Crippen LogP contribution in [0.4, 0.5) is 0 Å². The number of nitrogens with zero attached hydrogens (tertiary/aromatic N) is 3. The summed E-state index contributed by atoms with van der Waals surface area (Å²) >= 11 is 0. The minimum atomic E-state index is -0.793. The Kier molecular flexibility index (Phi) is 3.45. The summed E-state index contributed by atoms with van der Waals surface area (Å²) in [5.74, 6) is 0.907. The van der Waals surface area contributed by atoms with Crippen molar-refractivity contribution in [2.75, 3.05) is 0 Å². The largest absolute Gasteiger partial charge is 0.331 e. The van der Waals surface area contributed by atoms with Gasteiger partial charge in [-0.3, -0.25) is 0 Å². The maximum Gasteiger partial charge on any atom is 0.139 e. The SMILES string of the molecule is CC(N)(C#N)CCn1ccnc1-c1ccccc1. The van der Waals surface area contributed by atoms with Crippen molar-refractivity contribution in [1.82, 2.24) is 9.55 Å². The predicted octanol–water partition coefficient (Wildman–Crippen LogP) is 2.18. The fraction of sp³-hybridized carbons (Fsp3) is 0.286. The molecule has 18 heavy (non-hydrogen) atoms. The molecule has 0 spiro atoms. The van der Waals surface area contributed by atoms with Crippen LogP contribution in [0.5, 0.6) is 0 Å². The van der Waals surface area contributed by atoms with E-state index in [4.69, 9.17) is 11.0 Å². The molecule has 2 rings (SSSR count). The molecule has 0 saturated heterocycles. The maximum atomic E-state index is 8.91. The molecular formula is C14H16N4. The van der Waals surface area contributed by atoms with Gasteiger partial charge in [0.25, 0.3) is 0 Å². The van der Waals surface area contributed by atoms with E-state index in [9.17, 15) is 0 Å².